The van der Waals surface area contributed by atoms with Gasteiger partial charge in [0.1, 0.15) is 6.61 Å². The number of carbonyl (C=O) groups excluding carboxylic acids is 1. The van der Waals surface area contributed by atoms with Crippen molar-refractivity contribution < 1.29 is 19.4 Å². The summed E-state index contributed by atoms with van der Waals surface area (Å²) in [4.78, 5) is 24.7. The van der Waals surface area contributed by atoms with Crippen molar-refractivity contribution in [2.45, 2.75) is 19.1 Å². The van der Waals surface area contributed by atoms with Gasteiger partial charge in [0.15, 0.2) is 6.10 Å². The molecule has 2 unspecified atom stereocenters. The number of rotatable bonds is 3. The van der Waals surface area contributed by atoms with Crippen LogP contribution >= 0.6 is 0 Å². The van der Waals surface area contributed by atoms with E-state index in [1.165, 1.54) is 4.90 Å². The molecule has 2 rings (SSSR count). The fraction of sp³-hybridized carbons (Fsp3) is 0.357. The molecule has 1 saturated heterocycles. The number of hydrogen-bond acceptors (Lipinski definition) is 4. The number of carbonyl (C=O) groups is 2. The van der Waals surface area contributed by atoms with Gasteiger partial charge in [-0.2, -0.15) is 5.26 Å². The number of carboxylic acid groups (broad SMARTS) is 1. The number of hydrogen-bond donors (Lipinski definition) is 1. The zero-order chi connectivity index (χ0) is 14.7. The Morgan fingerprint density at radius 2 is 2.15 bits per heavy atom. The molecule has 6 nitrogen and oxygen atoms in total. The van der Waals surface area contributed by atoms with Crippen molar-refractivity contribution in [1.82, 2.24) is 4.90 Å². The van der Waals surface area contributed by atoms with E-state index in [-0.39, 0.29) is 12.5 Å². The molecular formula is C14H14N2O4. The molecule has 1 amide bonds. The van der Waals surface area contributed by atoms with Crippen molar-refractivity contribution in [2.75, 3.05) is 13.2 Å². The van der Waals surface area contributed by atoms with Crippen LogP contribution in [0.3, 0.4) is 0 Å². The monoisotopic (exact) mass is 274 g/mol. The Balaban J connectivity index is 2.41. The van der Waals surface area contributed by atoms with Crippen LogP contribution in [-0.4, -0.2) is 41.1 Å². The fourth-order valence-corrected chi connectivity index (χ4v) is 2.34. The molecule has 1 fully saturated rings. The maximum Gasteiger partial charge on any atom is 0.335 e. The van der Waals surface area contributed by atoms with Crippen molar-refractivity contribution >= 4 is 11.9 Å². The minimum Gasteiger partial charge on any atom is -0.479 e. The summed E-state index contributed by atoms with van der Waals surface area (Å²) in [6.45, 7) is 1.97. The van der Waals surface area contributed by atoms with E-state index in [2.05, 4.69) is 0 Å². The Morgan fingerprint density at radius 3 is 2.65 bits per heavy atom. The van der Waals surface area contributed by atoms with Gasteiger partial charge in [-0.05, 0) is 24.6 Å². The molecular weight excluding hydrogens is 260 g/mol. The van der Waals surface area contributed by atoms with Gasteiger partial charge in [-0.15, -0.1) is 0 Å². The van der Waals surface area contributed by atoms with E-state index >= 15 is 0 Å². The predicted molar refractivity (Wildman–Crippen MR) is 68.7 cm³/mol. The number of ether oxygens (including phenoxy) is 1. The minimum absolute atomic E-state index is 0.225. The highest BCUT2D eigenvalue weighted by Crippen LogP contribution is 2.30. The van der Waals surface area contributed by atoms with Gasteiger partial charge in [-0.3, -0.25) is 4.79 Å². The van der Waals surface area contributed by atoms with Crippen molar-refractivity contribution in [3.8, 4) is 6.07 Å². The second kappa shape index (κ2) is 5.72. The Labute approximate surface area is 116 Å². The van der Waals surface area contributed by atoms with E-state index in [4.69, 9.17) is 10.00 Å². The SMILES string of the molecule is CCN1C(=O)COC(C(=O)O)C1c1ccc(C#N)cc1. The molecule has 20 heavy (non-hydrogen) atoms. The number of likely N-dealkylation sites (N-methyl/N-ethyl adjacent to an activating group) is 1. The number of carboxylic acids is 1. The summed E-state index contributed by atoms with van der Waals surface area (Å²) >= 11 is 0. The molecule has 1 aliphatic rings. The van der Waals surface area contributed by atoms with E-state index in [0.717, 1.165) is 0 Å². The normalized spacial score (nSPS) is 22.4. The van der Waals surface area contributed by atoms with E-state index in [1.807, 2.05) is 6.07 Å². The van der Waals surface area contributed by atoms with Crippen molar-refractivity contribution in [2.24, 2.45) is 0 Å². The van der Waals surface area contributed by atoms with E-state index < -0.39 is 18.1 Å². The summed E-state index contributed by atoms with van der Waals surface area (Å²) in [6.07, 6.45) is -1.10. The zero-order valence-corrected chi connectivity index (χ0v) is 10.9. The number of nitrogens with zero attached hydrogens (tertiary/aromatic N) is 2. The molecule has 1 heterocycles. The zero-order valence-electron chi connectivity index (χ0n) is 10.9. The lowest BCUT2D eigenvalue weighted by Gasteiger charge is -2.38. The quantitative estimate of drug-likeness (QED) is 0.885. The molecule has 0 bridgehead atoms. The molecule has 0 saturated carbocycles. The van der Waals surface area contributed by atoms with Gasteiger partial charge in [0, 0.05) is 6.54 Å². The summed E-state index contributed by atoms with van der Waals surface area (Å²) < 4.78 is 5.15. The van der Waals surface area contributed by atoms with E-state index in [1.54, 1.807) is 31.2 Å². The molecule has 0 aromatic heterocycles. The Morgan fingerprint density at radius 1 is 1.50 bits per heavy atom. The van der Waals surface area contributed by atoms with Gasteiger partial charge >= 0.3 is 5.97 Å². The Kier molecular flexibility index (Phi) is 4.01. The topological polar surface area (TPSA) is 90.6 Å². The third kappa shape index (κ3) is 2.49. The molecule has 0 radical (unpaired) electrons. The van der Waals surface area contributed by atoms with Crippen LogP contribution in [0, 0.1) is 11.3 Å². The molecule has 6 heteroatoms. The first-order valence-electron chi connectivity index (χ1n) is 6.22. The van der Waals surface area contributed by atoms with Crippen LogP contribution in [0.25, 0.3) is 0 Å². The van der Waals surface area contributed by atoms with Crippen LogP contribution < -0.4 is 0 Å². The van der Waals surface area contributed by atoms with Crippen LogP contribution in [0.15, 0.2) is 24.3 Å². The summed E-state index contributed by atoms with van der Waals surface area (Å²) in [5, 5.41) is 18.0. The third-order valence-corrected chi connectivity index (χ3v) is 3.29. The molecule has 1 aromatic carbocycles. The maximum absolute atomic E-state index is 11.9. The lowest BCUT2D eigenvalue weighted by atomic mass is 9.97. The lowest BCUT2D eigenvalue weighted by Crippen LogP contribution is -2.51. The van der Waals surface area contributed by atoms with E-state index in [9.17, 15) is 14.7 Å². The van der Waals surface area contributed by atoms with Crippen molar-refractivity contribution in [3.05, 3.63) is 35.4 Å². The summed E-state index contributed by atoms with van der Waals surface area (Å²) in [5.74, 6) is -1.34. The number of amides is 1. The second-order valence-electron chi connectivity index (χ2n) is 4.43. The van der Waals surface area contributed by atoms with Gasteiger partial charge in [-0.25, -0.2) is 4.79 Å². The first-order chi connectivity index (χ1) is 9.58. The van der Waals surface area contributed by atoms with Crippen molar-refractivity contribution in [3.63, 3.8) is 0 Å². The molecule has 1 aliphatic heterocycles. The molecule has 0 aliphatic carbocycles. The number of benzene rings is 1. The standard InChI is InChI=1S/C14H14N2O4/c1-2-16-11(17)8-20-13(14(18)19)12(16)10-5-3-9(7-15)4-6-10/h3-6,12-13H,2,8H2,1H3,(H,18,19). The number of morpholine rings is 1. The molecule has 1 N–H and O–H groups in total. The highest BCUT2D eigenvalue weighted by atomic mass is 16.5. The molecule has 104 valence electrons. The average Bonchev–Trinajstić information content (AvgIpc) is 2.46. The predicted octanol–water partition coefficient (Wildman–Crippen LogP) is 0.931. The maximum atomic E-state index is 11.9. The molecule has 1 aromatic rings. The molecule has 0 spiro atoms. The van der Waals surface area contributed by atoms with Crippen LogP contribution in [0.4, 0.5) is 0 Å². The van der Waals surface area contributed by atoms with Gasteiger partial charge in [-0.1, -0.05) is 12.1 Å². The van der Waals surface area contributed by atoms with Gasteiger partial charge < -0.3 is 14.7 Å². The highest BCUT2D eigenvalue weighted by molar-refractivity contribution is 5.83. The average molecular weight is 274 g/mol. The largest absolute Gasteiger partial charge is 0.479 e. The fourth-order valence-electron chi connectivity index (χ4n) is 2.34. The van der Waals surface area contributed by atoms with Gasteiger partial charge in [0.25, 0.3) is 0 Å². The minimum atomic E-state index is -1.11. The smallest absolute Gasteiger partial charge is 0.335 e. The summed E-state index contributed by atoms with van der Waals surface area (Å²) in [6, 6.07) is 7.83. The first-order valence-corrected chi connectivity index (χ1v) is 6.22. The molecule has 2 atom stereocenters. The van der Waals surface area contributed by atoms with Crippen LogP contribution in [0.5, 0.6) is 0 Å². The van der Waals surface area contributed by atoms with Crippen LogP contribution in [0.1, 0.15) is 24.1 Å². The van der Waals surface area contributed by atoms with Gasteiger partial charge in [0.05, 0.1) is 17.7 Å². The highest BCUT2D eigenvalue weighted by Gasteiger charge is 2.41. The van der Waals surface area contributed by atoms with Crippen LogP contribution in [-0.2, 0) is 14.3 Å². The summed E-state index contributed by atoms with van der Waals surface area (Å²) in [7, 11) is 0. The van der Waals surface area contributed by atoms with Gasteiger partial charge in [0.2, 0.25) is 5.91 Å². The number of aliphatic carboxylic acids is 1. The summed E-state index contributed by atoms with van der Waals surface area (Å²) in [5.41, 5.74) is 1.12. The second-order valence-corrected chi connectivity index (χ2v) is 4.43. The van der Waals surface area contributed by atoms with Crippen LogP contribution in [0.2, 0.25) is 0 Å². The number of nitriles is 1. The Hall–Kier alpha value is -2.39. The third-order valence-electron chi connectivity index (χ3n) is 3.29. The first kappa shape index (κ1) is 14.0. The lowest BCUT2D eigenvalue weighted by molar-refractivity contribution is -0.172. The van der Waals surface area contributed by atoms with Crippen molar-refractivity contribution in [1.29, 1.82) is 5.26 Å². The van der Waals surface area contributed by atoms with E-state index in [0.29, 0.717) is 17.7 Å². The Bertz CT molecular complexity index is 560.